The first-order valence-corrected chi connectivity index (χ1v) is 9.50. The van der Waals surface area contributed by atoms with Gasteiger partial charge >= 0.3 is 6.09 Å². The number of fused-ring (bicyclic) bond motifs is 3. The molecule has 5 rings (SSSR count). The minimum atomic E-state index is -0.230. The third-order valence-electron chi connectivity index (χ3n) is 5.06. The zero-order chi connectivity index (χ0) is 16.4. The predicted molar refractivity (Wildman–Crippen MR) is 104 cm³/mol. The molecule has 4 nitrogen and oxygen atoms in total. The van der Waals surface area contributed by atoms with E-state index in [2.05, 4.69) is 16.3 Å². The molecule has 0 spiro atoms. The smallest absolute Gasteiger partial charge is 0.414 e. The lowest BCUT2D eigenvalue weighted by molar-refractivity contribution is -0.0311. The van der Waals surface area contributed by atoms with Crippen LogP contribution >= 0.6 is 23.7 Å². The van der Waals surface area contributed by atoms with Crippen molar-refractivity contribution in [2.75, 3.05) is 24.5 Å². The maximum Gasteiger partial charge on any atom is 0.414 e. The highest BCUT2D eigenvalue weighted by Gasteiger charge is 2.37. The number of amides is 1. The van der Waals surface area contributed by atoms with E-state index in [-0.39, 0.29) is 24.6 Å². The van der Waals surface area contributed by atoms with Crippen molar-refractivity contribution in [2.24, 2.45) is 5.92 Å². The van der Waals surface area contributed by atoms with Crippen LogP contribution in [0.2, 0.25) is 0 Å². The number of carbonyl (C=O) groups is 1. The minimum Gasteiger partial charge on any atom is -0.444 e. The van der Waals surface area contributed by atoms with Crippen molar-refractivity contribution in [3.8, 4) is 0 Å². The summed E-state index contributed by atoms with van der Waals surface area (Å²) in [6, 6.07) is 11.9. The van der Waals surface area contributed by atoms with Crippen LogP contribution < -0.4 is 4.90 Å². The van der Waals surface area contributed by atoms with E-state index < -0.39 is 0 Å². The average molecular weight is 379 g/mol. The lowest BCUT2D eigenvalue weighted by Gasteiger charge is -2.44. The lowest BCUT2D eigenvalue weighted by atomic mass is 9.86. The highest BCUT2D eigenvalue weighted by Crippen LogP contribution is 2.30. The van der Waals surface area contributed by atoms with Crippen LogP contribution in [0.5, 0.6) is 0 Å². The molecule has 25 heavy (non-hydrogen) atoms. The number of piperidine rings is 3. The fourth-order valence-electron chi connectivity index (χ4n) is 3.67. The Balaban J connectivity index is 0.00000182. The summed E-state index contributed by atoms with van der Waals surface area (Å²) in [6.07, 6.45) is 2.10. The molecule has 2 aromatic rings. The van der Waals surface area contributed by atoms with Gasteiger partial charge in [-0.25, -0.2) is 4.79 Å². The quantitative estimate of drug-likeness (QED) is 0.790. The summed E-state index contributed by atoms with van der Waals surface area (Å²) < 4.78 is 5.94. The van der Waals surface area contributed by atoms with Gasteiger partial charge in [0, 0.05) is 12.2 Å². The number of hydrogen-bond donors (Lipinski definition) is 0. The number of carbonyl (C=O) groups excluding carboxylic acids is 1. The highest BCUT2D eigenvalue weighted by atomic mass is 35.5. The van der Waals surface area contributed by atoms with Crippen LogP contribution in [0.25, 0.3) is 0 Å². The van der Waals surface area contributed by atoms with Crippen LogP contribution in [0.4, 0.5) is 10.5 Å². The number of anilines is 1. The monoisotopic (exact) mass is 378 g/mol. The Hall–Kier alpha value is -1.56. The fourth-order valence-corrected chi connectivity index (χ4v) is 4.33. The molecule has 0 saturated carbocycles. The van der Waals surface area contributed by atoms with Crippen molar-refractivity contribution in [1.29, 1.82) is 0 Å². The van der Waals surface area contributed by atoms with Crippen molar-refractivity contribution in [3.05, 3.63) is 52.7 Å². The summed E-state index contributed by atoms with van der Waals surface area (Å²) in [7, 11) is 0. The molecule has 1 aromatic heterocycles. The van der Waals surface area contributed by atoms with Gasteiger partial charge in [-0.1, -0.05) is 18.2 Å². The van der Waals surface area contributed by atoms with Crippen LogP contribution in [-0.4, -0.2) is 36.7 Å². The summed E-state index contributed by atoms with van der Waals surface area (Å²) in [5, 5.41) is 4.12. The molecule has 3 aliphatic heterocycles. The van der Waals surface area contributed by atoms with Gasteiger partial charge in [0.1, 0.15) is 6.10 Å². The number of para-hydroxylation sites is 1. The summed E-state index contributed by atoms with van der Waals surface area (Å²) in [6.45, 7) is 3.73. The van der Waals surface area contributed by atoms with Crippen molar-refractivity contribution >= 4 is 35.5 Å². The van der Waals surface area contributed by atoms with E-state index >= 15 is 0 Å². The summed E-state index contributed by atoms with van der Waals surface area (Å²) in [4.78, 5) is 17.1. The van der Waals surface area contributed by atoms with Crippen molar-refractivity contribution in [2.45, 2.75) is 25.5 Å². The van der Waals surface area contributed by atoms with Crippen molar-refractivity contribution in [1.82, 2.24) is 4.90 Å². The zero-order valence-corrected chi connectivity index (χ0v) is 15.7. The van der Waals surface area contributed by atoms with E-state index in [1.807, 2.05) is 35.7 Å². The van der Waals surface area contributed by atoms with E-state index in [9.17, 15) is 4.79 Å². The van der Waals surface area contributed by atoms with Gasteiger partial charge in [-0.3, -0.25) is 9.80 Å². The molecule has 0 unspecified atom stereocenters. The molecule has 3 aliphatic rings. The third kappa shape index (κ3) is 4.17. The van der Waals surface area contributed by atoms with E-state index in [0.717, 1.165) is 43.7 Å². The molecular weight excluding hydrogens is 356 g/mol. The molecule has 3 fully saturated rings. The summed E-state index contributed by atoms with van der Waals surface area (Å²) >= 11 is 1.65. The fraction of sp³-hybridized carbons (Fsp3) is 0.421. The first-order valence-electron chi connectivity index (χ1n) is 8.56. The Kier molecular flexibility index (Phi) is 5.99. The second-order valence-corrected chi connectivity index (χ2v) is 7.39. The van der Waals surface area contributed by atoms with Gasteiger partial charge in [-0.2, -0.15) is 11.3 Å². The Bertz CT molecular complexity index is 672. The molecule has 4 heterocycles. The van der Waals surface area contributed by atoms with Crippen LogP contribution in [-0.2, 0) is 11.3 Å². The third-order valence-corrected chi connectivity index (χ3v) is 5.79. The standard InChI is InChI=1S/C19H22N2O2S.ClH/c22-19(23-18-13-20-9-6-16(18)7-10-20)21(12-15-8-11-24-14-15)17-4-2-1-3-5-17;/h1-5,8,11,14,16,18H,6-7,9-10,12-13H2;1H/t18-;/m0./s1. The largest absolute Gasteiger partial charge is 0.444 e. The number of ether oxygens (including phenoxy) is 1. The Morgan fingerprint density at radius 2 is 1.96 bits per heavy atom. The lowest BCUT2D eigenvalue weighted by Crippen LogP contribution is -2.53. The molecular formula is C19H23ClN2O2S. The van der Waals surface area contributed by atoms with Crippen molar-refractivity contribution < 1.29 is 9.53 Å². The first kappa shape index (κ1) is 18.2. The highest BCUT2D eigenvalue weighted by molar-refractivity contribution is 7.07. The second kappa shape index (κ2) is 8.21. The van der Waals surface area contributed by atoms with E-state index in [0.29, 0.717) is 12.5 Å². The molecule has 0 radical (unpaired) electrons. The summed E-state index contributed by atoms with van der Waals surface area (Å²) in [5.74, 6) is 0.526. The number of nitrogens with zero attached hydrogens (tertiary/aromatic N) is 2. The zero-order valence-electron chi connectivity index (χ0n) is 14.0. The van der Waals surface area contributed by atoms with Crippen LogP contribution in [0.1, 0.15) is 18.4 Å². The number of rotatable bonds is 4. The Morgan fingerprint density at radius 1 is 1.20 bits per heavy atom. The molecule has 1 aromatic carbocycles. The van der Waals surface area contributed by atoms with Crippen LogP contribution in [0.3, 0.4) is 0 Å². The molecule has 1 amide bonds. The summed E-state index contributed by atoms with van der Waals surface area (Å²) in [5.41, 5.74) is 2.02. The first-order chi connectivity index (χ1) is 11.8. The van der Waals surface area contributed by atoms with E-state index in [4.69, 9.17) is 4.74 Å². The van der Waals surface area contributed by atoms with Gasteiger partial charge in [0.05, 0.1) is 6.54 Å². The molecule has 6 heteroatoms. The van der Waals surface area contributed by atoms with E-state index in [1.54, 1.807) is 16.2 Å². The molecule has 1 atom stereocenters. The number of hydrogen-bond acceptors (Lipinski definition) is 4. The van der Waals surface area contributed by atoms with Crippen LogP contribution in [0.15, 0.2) is 47.2 Å². The van der Waals surface area contributed by atoms with Gasteiger partial charge in [-0.15, -0.1) is 12.4 Å². The normalized spacial score (nSPS) is 24.4. The number of benzene rings is 1. The maximum absolute atomic E-state index is 12.9. The SMILES string of the molecule is Cl.O=C(O[C@H]1CN2CCC1CC2)N(Cc1ccsc1)c1ccccc1. The molecule has 2 bridgehead atoms. The van der Waals surface area contributed by atoms with E-state index in [1.165, 1.54) is 0 Å². The number of halogens is 1. The topological polar surface area (TPSA) is 32.8 Å². The van der Waals surface area contributed by atoms with Gasteiger partial charge in [-0.05, 0) is 66.4 Å². The average Bonchev–Trinajstić information content (AvgIpc) is 3.14. The van der Waals surface area contributed by atoms with Gasteiger partial charge in [0.15, 0.2) is 0 Å². The minimum absolute atomic E-state index is 0. The van der Waals surface area contributed by atoms with Gasteiger partial charge in [0.25, 0.3) is 0 Å². The number of thiophene rings is 1. The Morgan fingerprint density at radius 3 is 2.56 bits per heavy atom. The van der Waals surface area contributed by atoms with Gasteiger partial charge in [0.2, 0.25) is 0 Å². The van der Waals surface area contributed by atoms with Crippen molar-refractivity contribution in [3.63, 3.8) is 0 Å². The maximum atomic E-state index is 12.9. The Labute approximate surface area is 158 Å². The van der Waals surface area contributed by atoms with Gasteiger partial charge < -0.3 is 4.74 Å². The molecule has 3 saturated heterocycles. The second-order valence-electron chi connectivity index (χ2n) is 6.61. The predicted octanol–water partition coefficient (Wildman–Crippen LogP) is 4.41. The molecule has 0 aliphatic carbocycles. The molecule has 134 valence electrons. The van der Waals surface area contributed by atoms with Crippen LogP contribution in [0, 0.1) is 5.92 Å². The molecule has 0 N–H and O–H groups in total.